The van der Waals surface area contributed by atoms with Gasteiger partial charge in [0.2, 0.25) is 5.91 Å². The molecule has 3 nitrogen and oxygen atoms in total. The van der Waals surface area contributed by atoms with Gasteiger partial charge in [0.1, 0.15) is 0 Å². The van der Waals surface area contributed by atoms with Crippen molar-refractivity contribution in [1.82, 2.24) is 10.6 Å². The summed E-state index contributed by atoms with van der Waals surface area (Å²) in [6.45, 7) is 2.80. The Labute approximate surface area is 141 Å². The molecular weight excluding hydrogens is 284 g/mol. The second-order valence-electron chi connectivity index (χ2n) is 9.28. The molecule has 0 spiro atoms. The van der Waals surface area contributed by atoms with Crippen LogP contribution in [0.15, 0.2) is 0 Å². The monoisotopic (exact) mass is 318 g/mol. The maximum atomic E-state index is 12.4. The quantitative estimate of drug-likeness (QED) is 0.813. The van der Waals surface area contributed by atoms with Gasteiger partial charge in [0, 0.05) is 12.1 Å². The predicted octanol–water partition coefficient (Wildman–Crippen LogP) is 3.63. The van der Waals surface area contributed by atoms with Crippen LogP contribution >= 0.6 is 0 Å². The van der Waals surface area contributed by atoms with Gasteiger partial charge in [-0.3, -0.25) is 4.79 Å². The Balaban J connectivity index is 1.29. The third kappa shape index (κ3) is 3.31. The molecule has 5 saturated carbocycles. The fraction of sp³-hybridized carbons (Fsp3) is 0.950. The highest BCUT2D eigenvalue weighted by Gasteiger charge is 2.53. The summed E-state index contributed by atoms with van der Waals surface area (Å²) in [6, 6.07) is 0.931. The third-order valence-corrected chi connectivity index (χ3v) is 7.54. The summed E-state index contributed by atoms with van der Waals surface area (Å²) in [7, 11) is 0. The largest absolute Gasteiger partial charge is 0.352 e. The first-order valence-corrected chi connectivity index (χ1v) is 10.2. The summed E-state index contributed by atoms with van der Waals surface area (Å²) < 4.78 is 0. The zero-order valence-electron chi connectivity index (χ0n) is 14.8. The molecule has 2 N–H and O–H groups in total. The van der Waals surface area contributed by atoms with Crippen molar-refractivity contribution in [3.63, 3.8) is 0 Å². The average Bonchev–Trinajstić information content (AvgIpc) is 2.52. The van der Waals surface area contributed by atoms with Crippen LogP contribution in [0.2, 0.25) is 0 Å². The molecule has 5 aliphatic rings. The summed E-state index contributed by atoms with van der Waals surface area (Å²) in [5.74, 6) is 3.10. The van der Waals surface area contributed by atoms with Gasteiger partial charge in [-0.1, -0.05) is 19.3 Å². The highest BCUT2D eigenvalue weighted by atomic mass is 16.2. The van der Waals surface area contributed by atoms with Gasteiger partial charge in [-0.05, 0) is 81.5 Å². The van der Waals surface area contributed by atoms with Gasteiger partial charge in [-0.25, -0.2) is 0 Å². The third-order valence-electron chi connectivity index (χ3n) is 7.54. The smallest absolute Gasteiger partial charge is 0.234 e. The van der Waals surface area contributed by atoms with Crippen LogP contribution in [0.25, 0.3) is 0 Å². The summed E-state index contributed by atoms with van der Waals surface area (Å²) in [5, 5.41) is 6.86. The Morgan fingerprint density at radius 3 is 2.13 bits per heavy atom. The Kier molecular flexibility index (Phi) is 4.42. The first-order chi connectivity index (χ1) is 11.1. The van der Waals surface area contributed by atoms with Gasteiger partial charge >= 0.3 is 0 Å². The molecule has 0 radical (unpaired) electrons. The topological polar surface area (TPSA) is 41.1 Å². The molecule has 0 aliphatic heterocycles. The van der Waals surface area contributed by atoms with E-state index in [2.05, 4.69) is 17.6 Å². The molecule has 5 fully saturated rings. The van der Waals surface area contributed by atoms with E-state index in [0.717, 1.165) is 17.8 Å². The van der Waals surface area contributed by atoms with Gasteiger partial charge < -0.3 is 10.6 Å². The first kappa shape index (κ1) is 15.9. The minimum atomic E-state index is 0.221. The van der Waals surface area contributed by atoms with E-state index in [1.807, 2.05) is 0 Å². The molecule has 1 unspecified atom stereocenters. The van der Waals surface area contributed by atoms with Gasteiger partial charge in [-0.15, -0.1) is 0 Å². The Morgan fingerprint density at radius 2 is 1.57 bits per heavy atom. The molecule has 0 heterocycles. The lowest BCUT2D eigenvalue weighted by molar-refractivity contribution is -0.125. The molecule has 0 aromatic rings. The molecule has 0 saturated heterocycles. The number of amides is 1. The molecule has 0 aromatic carbocycles. The fourth-order valence-electron chi connectivity index (χ4n) is 6.70. The number of rotatable bonds is 5. The number of carbonyl (C=O) groups excluding carboxylic acids is 1. The lowest BCUT2D eigenvalue weighted by Crippen LogP contribution is -2.56. The lowest BCUT2D eigenvalue weighted by Gasteiger charge is -2.59. The van der Waals surface area contributed by atoms with Crippen molar-refractivity contribution in [2.24, 2.45) is 23.2 Å². The second-order valence-corrected chi connectivity index (χ2v) is 9.28. The van der Waals surface area contributed by atoms with Gasteiger partial charge in [0.05, 0.1) is 6.54 Å². The van der Waals surface area contributed by atoms with Crippen LogP contribution in [0, 0.1) is 23.2 Å². The first-order valence-electron chi connectivity index (χ1n) is 10.2. The van der Waals surface area contributed by atoms with E-state index in [1.165, 1.54) is 70.6 Å². The molecule has 0 aromatic heterocycles. The molecule has 130 valence electrons. The zero-order chi connectivity index (χ0) is 15.9. The standard InChI is InChI=1S/C20H34N2O/c1-14(22-19(23)13-21-18-5-3-2-4-6-18)20-10-15-7-16(11-20)9-17(8-15)12-20/h14-18,21H,2-13H2,1H3,(H,22,23). The highest BCUT2D eigenvalue weighted by Crippen LogP contribution is 2.61. The zero-order valence-corrected chi connectivity index (χ0v) is 14.8. The van der Waals surface area contributed by atoms with Crippen molar-refractivity contribution in [1.29, 1.82) is 0 Å². The maximum absolute atomic E-state index is 12.4. The van der Waals surface area contributed by atoms with E-state index in [-0.39, 0.29) is 5.91 Å². The molecule has 4 bridgehead atoms. The molecule has 5 aliphatic carbocycles. The van der Waals surface area contributed by atoms with Crippen molar-refractivity contribution in [2.75, 3.05) is 6.54 Å². The van der Waals surface area contributed by atoms with Gasteiger partial charge in [-0.2, -0.15) is 0 Å². The lowest BCUT2D eigenvalue weighted by atomic mass is 9.48. The van der Waals surface area contributed by atoms with E-state index in [9.17, 15) is 4.79 Å². The van der Waals surface area contributed by atoms with E-state index in [4.69, 9.17) is 0 Å². The van der Waals surface area contributed by atoms with E-state index < -0.39 is 0 Å². The van der Waals surface area contributed by atoms with Crippen molar-refractivity contribution >= 4 is 5.91 Å². The normalized spacial score (nSPS) is 41.0. The summed E-state index contributed by atoms with van der Waals surface area (Å²) >= 11 is 0. The number of carbonyl (C=O) groups is 1. The van der Waals surface area contributed by atoms with Crippen LogP contribution in [-0.2, 0) is 4.79 Å². The Hall–Kier alpha value is -0.570. The molecule has 1 atom stereocenters. The van der Waals surface area contributed by atoms with E-state index in [0.29, 0.717) is 24.0 Å². The van der Waals surface area contributed by atoms with E-state index in [1.54, 1.807) is 0 Å². The van der Waals surface area contributed by atoms with Crippen molar-refractivity contribution in [3.8, 4) is 0 Å². The fourth-order valence-corrected chi connectivity index (χ4v) is 6.70. The average molecular weight is 319 g/mol. The molecule has 5 rings (SSSR count). The molecule has 23 heavy (non-hydrogen) atoms. The minimum Gasteiger partial charge on any atom is -0.352 e. The van der Waals surface area contributed by atoms with E-state index >= 15 is 0 Å². The minimum absolute atomic E-state index is 0.221. The van der Waals surface area contributed by atoms with Gasteiger partial charge in [0.15, 0.2) is 0 Å². The molecule has 1 amide bonds. The molecule has 3 heteroatoms. The highest BCUT2D eigenvalue weighted by molar-refractivity contribution is 5.78. The second kappa shape index (κ2) is 6.38. The summed E-state index contributed by atoms with van der Waals surface area (Å²) in [6.07, 6.45) is 15.0. The van der Waals surface area contributed by atoms with Crippen LogP contribution in [-0.4, -0.2) is 24.5 Å². The van der Waals surface area contributed by atoms with Gasteiger partial charge in [0.25, 0.3) is 0 Å². The number of hydrogen-bond acceptors (Lipinski definition) is 2. The van der Waals surface area contributed by atoms with Crippen LogP contribution in [0.3, 0.4) is 0 Å². The van der Waals surface area contributed by atoms with Crippen LogP contribution in [0.1, 0.15) is 77.6 Å². The van der Waals surface area contributed by atoms with Crippen molar-refractivity contribution in [2.45, 2.75) is 89.6 Å². The summed E-state index contributed by atoms with van der Waals surface area (Å²) in [5.41, 5.74) is 0.426. The van der Waals surface area contributed by atoms with Crippen molar-refractivity contribution in [3.05, 3.63) is 0 Å². The number of hydrogen-bond donors (Lipinski definition) is 2. The predicted molar refractivity (Wildman–Crippen MR) is 93.1 cm³/mol. The Bertz CT molecular complexity index is 406. The van der Waals surface area contributed by atoms with Crippen molar-refractivity contribution < 1.29 is 4.79 Å². The molecular formula is C20H34N2O. The summed E-state index contributed by atoms with van der Waals surface area (Å²) in [4.78, 5) is 12.4. The Morgan fingerprint density at radius 1 is 1.00 bits per heavy atom. The number of nitrogens with one attached hydrogen (secondary N) is 2. The SMILES string of the molecule is CC(NC(=O)CNC1CCCCC1)C12CC3CC(CC(C3)C1)C2. The maximum Gasteiger partial charge on any atom is 0.234 e. The van der Waals surface area contributed by atoms with Crippen LogP contribution in [0.4, 0.5) is 0 Å². The van der Waals surface area contributed by atoms with Crippen LogP contribution in [0.5, 0.6) is 0 Å². The van der Waals surface area contributed by atoms with Crippen LogP contribution < -0.4 is 10.6 Å².